The minimum absolute atomic E-state index is 0.0773. The highest BCUT2D eigenvalue weighted by molar-refractivity contribution is 5.77. The number of hydrogen-bond acceptors (Lipinski definition) is 4. The van der Waals surface area contributed by atoms with E-state index < -0.39 is 0 Å². The summed E-state index contributed by atoms with van der Waals surface area (Å²) in [7, 11) is 0. The van der Waals surface area contributed by atoms with Crippen LogP contribution >= 0.6 is 0 Å². The molecule has 1 amide bonds. The Labute approximate surface area is 160 Å². The molecule has 1 saturated carbocycles. The lowest BCUT2D eigenvalue weighted by molar-refractivity contribution is -0.140. The van der Waals surface area contributed by atoms with Gasteiger partial charge in [0.15, 0.2) is 0 Å². The van der Waals surface area contributed by atoms with Crippen molar-refractivity contribution < 1.29 is 14.3 Å². The number of amides is 1. The highest BCUT2D eigenvalue weighted by Crippen LogP contribution is 2.24. The molecule has 0 saturated heterocycles. The third-order valence-electron chi connectivity index (χ3n) is 5.47. The van der Waals surface area contributed by atoms with E-state index in [4.69, 9.17) is 9.47 Å². The average Bonchev–Trinajstić information content (AvgIpc) is 3.38. The first kappa shape index (κ1) is 18.2. The second-order valence-corrected chi connectivity index (χ2v) is 7.42. The summed E-state index contributed by atoms with van der Waals surface area (Å²) in [5.41, 5.74) is 2.25. The number of carbonyl (C=O) groups excluding carboxylic acids is 1. The van der Waals surface area contributed by atoms with Crippen LogP contribution in [-0.4, -0.2) is 46.2 Å². The first-order valence-corrected chi connectivity index (χ1v) is 9.81. The molecule has 0 bridgehead atoms. The van der Waals surface area contributed by atoms with E-state index in [2.05, 4.69) is 21.8 Å². The van der Waals surface area contributed by atoms with Crippen molar-refractivity contribution >= 4 is 5.91 Å². The van der Waals surface area contributed by atoms with Gasteiger partial charge in [0.1, 0.15) is 6.61 Å². The van der Waals surface area contributed by atoms with Crippen LogP contribution in [0.5, 0.6) is 0 Å². The van der Waals surface area contributed by atoms with E-state index in [0.717, 1.165) is 24.1 Å². The third kappa shape index (κ3) is 4.57. The maximum absolute atomic E-state index is 12.7. The molecule has 0 unspecified atom stereocenters. The van der Waals surface area contributed by atoms with Gasteiger partial charge in [0.25, 0.3) is 0 Å². The fourth-order valence-electron chi connectivity index (χ4n) is 3.97. The van der Waals surface area contributed by atoms with Crippen molar-refractivity contribution in [3.8, 4) is 0 Å². The van der Waals surface area contributed by atoms with Crippen molar-refractivity contribution in [1.82, 2.24) is 14.5 Å². The van der Waals surface area contributed by atoms with Gasteiger partial charge in [0, 0.05) is 30.8 Å². The zero-order valence-corrected chi connectivity index (χ0v) is 15.6. The smallest absolute Gasteiger partial charge is 0.249 e. The van der Waals surface area contributed by atoms with Crippen LogP contribution in [-0.2, 0) is 27.4 Å². The van der Waals surface area contributed by atoms with Crippen LogP contribution in [0.1, 0.15) is 43.0 Å². The molecule has 1 atom stereocenters. The van der Waals surface area contributed by atoms with Crippen molar-refractivity contribution in [3.05, 3.63) is 54.1 Å². The predicted molar refractivity (Wildman–Crippen MR) is 101 cm³/mol. The topological polar surface area (TPSA) is 56.6 Å². The van der Waals surface area contributed by atoms with Crippen LogP contribution in [0.2, 0.25) is 0 Å². The SMILES string of the molecule is O=C(COC1CCCC1)N1Cc2cccn2[C@H](COCc2ccncc2)C1. The molecule has 1 fully saturated rings. The monoisotopic (exact) mass is 369 g/mol. The van der Waals surface area contributed by atoms with Crippen LogP contribution in [0, 0.1) is 0 Å². The molecule has 0 N–H and O–H groups in total. The second-order valence-electron chi connectivity index (χ2n) is 7.42. The van der Waals surface area contributed by atoms with E-state index in [9.17, 15) is 4.79 Å². The van der Waals surface area contributed by atoms with Gasteiger partial charge in [-0.3, -0.25) is 9.78 Å². The molecule has 2 aliphatic rings. The van der Waals surface area contributed by atoms with Gasteiger partial charge in [-0.2, -0.15) is 0 Å². The molecule has 144 valence electrons. The maximum Gasteiger partial charge on any atom is 0.249 e. The first-order chi connectivity index (χ1) is 13.3. The number of fused-ring (bicyclic) bond motifs is 1. The first-order valence-electron chi connectivity index (χ1n) is 9.81. The lowest BCUT2D eigenvalue weighted by Crippen LogP contribution is -2.43. The maximum atomic E-state index is 12.7. The molecule has 0 radical (unpaired) electrons. The highest BCUT2D eigenvalue weighted by Gasteiger charge is 2.28. The Kier molecular flexibility index (Phi) is 5.84. The minimum atomic E-state index is 0.0773. The van der Waals surface area contributed by atoms with Crippen LogP contribution in [0.15, 0.2) is 42.9 Å². The lowest BCUT2D eigenvalue weighted by Gasteiger charge is -2.35. The Morgan fingerprint density at radius 2 is 2.00 bits per heavy atom. The molecule has 1 aliphatic carbocycles. The second kappa shape index (κ2) is 8.67. The fraction of sp³-hybridized carbons (Fsp3) is 0.524. The molecule has 27 heavy (non-hydrogen) atoms. The molecular formula is C21H27N3O3. The van der Waals surface area contributed by atoms with Crippen LogP contribution < -0.4 is 0 Å². The zero-order valence-electron chi connectivity index (χ0n) is 15.6. The van der Waals surface area contributed by atoms with Crippen molar-refractivity contribution in [2.24, 2.45) is 0 Å². The van der Waals surface area contributed by atoms with E-state index in [1.54, 1.807) is 12.4 Å². The van der Waals surface area contributed by atoms with Crippen molar-refractivity contribution in [1.29, 1.82) is 0 Å². The number of carbonyl (C=O) groups is 1. The van der Waals surface area contributed by atoms with Crippen LogP contribution in [0.25, 0.3) is 0 Å². The summed E-state index contributed by atoms with van der Waals surface area (Å²) in [5, 5.41) is 0. The van der Waals surface area contributed by atoms with Crippen molar-refractivity contribution in [2.45, 2.75) is 51.0 Å². The number of hydrogen-bond donors (Lipinski definition) is 0. The molecule has 6 heteroatoms. The van der Waals surface area contributed by atoms with Gasteiger partial charge in [0.05, 0.1) is 31.9 Å². The number of rotatable bonds is 7. The standard InChI is InChI=1S/C21H27N3O3/c25-21(16-27-20-5-1-2-6-20)23-12-18-4-3-11-24(18)19(13-23)15-26-14-17-7-9-22-10-8-17/h3-4,7-11,19-20H,1-2,5-6,12-16H2/t19-/m0/s1. The molecule has 6 nitrogen and oxygen atoms in total. The quantitative estimate of drug-likeness (QED) is 0.753. The summed E-state index contributed by atoms with van der Waals surface area (Å²) in [6, 6.07) is 8.15. The predicted octanol–water partition coefficient (Wildman–Crippen LogP) is 2.94. The molecule has 2 aromatic rings. The summed E-state index contributed by atoms with van der Waals surface area (Å²) in [6.45, 7) is 2.60. The van der Waals surface area contributed by atoms with Gasteiger partial charge >= 0.3 is 0 Å². The third-order valence-corrected chi connectivity index (χ3v) is 5.47. The van der Waals surface area contributed by atoms with E-state index in [-0.39, 0.29) is 24.7 Å². The van der Waals surface area contributed by atoms with Crippen LogP contribution in [0.4, 0.5) is 0 Å². The van der Waals surface area contributed by atoms with E-state index >= 15 is 0 Å². The Morgan fingerprint density at radius 1 is 1.19 bits per heavy atom. The van der Waals surface area contributed by atoms with Gasteiger partial charge in [0.2, 0.25) is 5.91 Å². The Balaban J connectivity index is 1.33. The number of ether oxygens (including phenoxy) is 2. The fourth-order valence-corrected chi connectivity index (χ4v) is 3.97. The van der Waals surface area contributed by atoms with Gasteiger partial charge in [-0.05, 0) is 42.7 Å². The summed E-state index contributed by atoms with van der Waals surface area (Å²) in [5.74, 6) is 0.0773. The molecule has 0 aromatic carbocycles. The Hall–Kier alpha value is -2.18. The lowest BCUT2D eigenvalue weighted by atomic mass is 10.2. The number of nitrogens with zero attached hydrogens (tertiary/aromatic N) is 3. The summed E-state index contributed by atoms with van der Waals surface area (Å²) in [4.78, 5) is 18.6. The molecule has 3 heterocycles. The van der Waals surface area contributed by atoms with Gasteiger partial charge in [-0.15, -0.1) is 0 Å². The number of aromatic nitrogens is 2. The van der Waals surface area contributed by atoms with E-state index in [1.807, 2.05) is 23.1 Å². The zero-order chi connectivity index (χ0) is 18.5. The average molecular weight is 369 g/mol. The molecular weight excluding hydrogens is 342 g/mol. The molecule has 2 aromatic heterocycles. The summed E-state index contributed by atoms with van der Waals surface area (Å²) < 4.78 is 14.0. The van der Waals surface area contributed by atoms with Gasteiger partial charge < -0.3 is 18.9 Å². The summed E-state index contributed by atoms with van der Waals surface area (Å²) in [6.07, 6.45) is 10.5. The van der Waals surface area contributed by atoms with Crippen LogP contribution in [0.3, 0.4) is 0 Å². The molecule has 1 aliphatic heterocycles. The molecule has 4 rings (SSSR count). The number of pyridine rings is 1. The van der Waals surface area contributed by atoms with Crippen molar-refractivity contribution in [2.75, 3.05) is 19.8 Å². The normalized spacial score (nSPS) is 20.0. The highest BCUT2D eigenvalue weighted by atomic mass is 16.5. The van der Waals surface area contributed by atoms with Crippen molar-refractivity contribution in [3.63, 3.8) is 0 Å². The minimum Gasteiger partial charge on any atom is -0.375 e. The van der Waals surface area contributed by atoms with E-state index in [1.165, 1.54) is 12.8 Å². The van der Waals surface area contributed by atoms with Gasteiger partial charge in [-0.1, -0.05) is 12.8 Å². The van der Waals surface area contributed by atoms with Gasteiger partial charge in [-0.25, -0.2) is 0 Å². The van der Waals surface area contributed by atoms with E-state index in [0.29, 0.717) is 26.3 Å². The largest absolute Gasteiger partial charge is 0.375 e. The summed E-state index contributed by atoms with van der Waals surface area (Å²) >= 11 is 0. The Bertz CT molecular complexity index is 740. The molecule has 0 spiro atoms. The Morgan fingerprint density at radius 3 is 2.81 bits per heavy atom.